The Morgan fingerprint density at radius 1 is 0.842 bits per heavy atom. The van der Waals surface area contributed by atoms with E-state index in [4.69, 9.17) is 0 Å². The van der Waals surface area contributed by atoms with Crippen LogP contribution in [0, 0.1) is 0 Å². The molecule has 0 spiro atoms. The predicted molar refractivity (Wildman–Crippen MR) is 151 cm³/mol. The molecule has 8 heteroatoms. The number of anilines is 1. The SMILES string of the molecule is CCCNC(=O)C(C)N(Cc1ccccc1)C(=O)CN(c1ccc(C(C)C)cc1)S(=O)(=O)c1ccccc1. The Morgan fingerprint density at radius 3 is 1.97 bits per heavy atom. The maximum Gasteiger partial charge on any atom is 0.264 e. The highest BCUT2D eigenvalue weighted by atomic mass is 32.2. The maximum absolute atomic E-state index is 13.8. The fourth-order valence-electron chi connectivity index (χ4n) is 4.03. The number of sulfonamides is 1. The van der Waals surface area contributed by atoms with Crippen LogP contribution in [0.25, 0.3) is 0 Å². The van der Waals surface area contributed by atoms with Crippen molar-refractivity contribution in [2.24, 2.45) is 0 Å². The predicted octanol–water partition coefficient (Wildman–Crippen LogP) is 4.95. The van der Waals surface area contributed by atoms with Crippen LogP contribution in [0.15, 0.2) is 89.8 Å². The van der Waals surface area contributed by atoms with Crippen LogP contribution in [0.4, 0.5) is 5.69 Å². The molecular formula is C30H37N3O4S. The molecule has 7 nitrogen and oxygen atoms in total. The van der Waals surface area contributed by atoms with Crippen molar-refractivity contribution in [3.8, 4) is 0 Å². The van der Waals surface area contributed by atoms with E-state index in [-0.39, 0.29) is 23.3 Å². The summed E-state index contributed by atoms with van der Waals surface area (Å²) in [7, 11) is -4.06. The quantitative estimate of drug-likeness (QED) is 0.356. The molecule has 0 fully saturated rings. The Kier molecular flexibility index (Phi) is 10.1. The van der Waals surface area contributed by atoms with Crippen LogP contribution in [0.3, 0.4) is 0 Å². The number of hydrogen-bond donors (Lipinski definition) is 1. The van der Waals surface area contributed by atoms with Crippen LogP contribution in [-0.2, 0) is 26.2 Å². The Hall–Kier alpha value is -3.65. The van der Waals surface area contributed by atoms with E-state index in [2.05, 4.69) is 19.2 Å². The van der Waals surface area contributed by atoms with Gasteiger partial charge in [0, 0.05) is 13.1 Å². The van der Waals surface area contributed by atoms with Gasteiger partial charge < -0.3 is 10.2 Å². The van der Waals surface area contributed by atoms with Gasteiger partial charge in [0.05, 0.1) is 10.6 Å². The number of benzene rings is 3. The molecule has 1 N–H and O–H groups in total. The highest BCUT2D eigenvalue weighted by Crippen LogP contribution is 2.26. The zero-order chi connectivity index (χ0) is 27.7. The highest BCUT2D eigenvalue weighted by molar-refractivity contribution is 7.92. The van der Waals surface area contributed by atoms with Crippen molar-refractivity contribution in [2.45, 2.75) is 57.5 Å². The van der Waals surface area contributed by atoms with Gasteiger partial charge in [-0.15, -0.1) is 0 Å². The van der Waals surface area contributed by atoms with Gasteiger partial charge >= 0.3 is 0 Å². The molecule has 38 heavy (non-hydrogen) atoms. The molecule has 202 valence electrons. The van der Waals surface area contributed by atoms with Crippen molar-refractivity contribution in [2.75, 3.05) is 17.4 Å². The topological polar surface area (TPSA) is 86.8 Å². The first-order valence-corrected chi connectivity index (χ1v) is 14.4. The lowest BCUT2D eigenvalue weighted by Gasteiger charge is -2.32. The van der Waals surface area contributed by atoms with Crippen LogP contribution in [0.2, 0.25) is 0 Å². The zero-order valence-corrected chi connectivity index (χ0v) is 23.3. The number of amides is 2. The minimum absolute atomic E-state index is 0.0871. The maximum atomic E-state index is 13.8. The van der Waals surface area contributed by atoms with Crippen molar-refractivity contribution in [1.82, 2.24) is 10.2 Å². The summed E-state index contributed by atoms with van der Waals surface area (Å²) in [6.45, 7) is 7.95. The summed E-state index contributed by atoms with van der Waals surface area (Å²) < 4.78 is 28.7. The molecule has 0 aliphatic carbocycles. The fourth-order valence-corrected chi connectivity index (χ4v) is 5.47. The Balaban J connectivity index is 2.00. The van der Waals surface area contributed by atoms with Gasteiger partial charge in [-0.05, 0) is 54.7 Å². The largest absolute Gasteiger partial charge is 0.354 e. The summed E-state index contributed by atoms with van der Waals surface area (Å²) in [5.74, 6) is -0.482. The molecule has 3 aromatic carbocycles. The van der Waals surface area contributed by atoms with Crippen LogP contribution in [-0.4, -0.2) is 44.3 Å². The van der Waals surface area contributed by atoms with Crippen LogP contribution in [0.1, 0.15) is 51.2 Å². The smallest absolute Gasteiger partial charge is 0.264 e. The van der Waals surface area contributed by atoms with E-state index in [1.54, 1.807) is 37.3 Å². The molecule has 0 aliphatic rings. The molecule has 3 rings (SSSR count). The van der Waals surface area contributed by atoms with E-state index in [1.165, 1.54) is 17.0 Å². The molecule has 0 aromatic heterocycles. The number of hydrogen-bond acceptors (Lipinski definition) is 4. The molecule has 1 atom stereocenters. The fraction of sp³-hybridized carbons (Fsp3) is 0.333. The number of carbonyl (C=O) groups is 2. The summed E-state index contributed by atoms with van der Waals surface area (Å²) in [4.78, 5) is 28.2. The van der Waals surface area contributed by atoms with E-state index < -0.39 is 28.5 Å². The molecule has 0 aliphatic heterocycles. The van der Waals surface area contributed by atoms with Gasteiger partial charge in [0.2, 0.25) is 11.8 Å². The van der Waals surface area contributed by atoms with Gasteiger partial charge in [-0.2, -0.15) is 0 Å². The molecule has 0 saturated carbocycles. The summed E-state index contributed by atoms with van der Waals surface area (Å²) in [6.07, 6.45) is 0.764. The lowest BCUT2D eigenvalue weighted by molar-refractivity contribution is -0.139. The monoisotopic (exact) mass is 535 g/mol. The van der Waals surface area contributed by atoms with Gasteiger partial charge in [0.1, 0.15) is 12.6 Å². The Labute approximate surface area is 226 Å². The lowest BCUT2D eigenvalue weighted by atomic mass is 10.0. The third kappa shape index (κ3) is 7.22. The summed E-state index contributed by atoms with van der Waals surface area (Å²) in [5.41, 5.74) is 2.29. The third-order valence-electron chi connectivity index (χ3n) is 6.37. The highest BCUT2D eigenvalue weighted by Gasteiger charge is 2.32. The average molecular weight is 536 g/mol. The molecular weight excluding hydrogens is 498 g/mol. The normalized spacial score (nSPS) is 12.1. The second kappa shape index (κ2) is 13.2. The summed E-state index contributed by atoms with van der Waals surface area (Å²) >= 11 is 0. The van der Waals surface area contributed by atoms with Gasteiger partial charge in [0.15, 0.2) is 0 Å². The second-order valence-corrected chi connectivity index (χ2v) is 11.4. The van der Waals surface area contributed by atoms with E-state index in [0.29, 0.717) is 12.2 Å². The number of nitrogens with one attached hydrogen (secondary N) is 1. The van der Waals surface area contributed by atoms with E-state index >= 15 is 0 Å². The van der Waals surface area contributed by atoms with Crippen molar-refractivity contribution in [3.05, 3.63) is 96.1 Å². The minimum atomic E-state index is -4.06. The molecule has 3 aromatic rings. The Morgan fingerprint density at radius 2 is 1.42 bits per heavy atom. The van der Waals surface area contributed by atoms with Gasteiger partial charge in [0.25, 0.3) is 10.0 Å². The van der Waals surface area contributed by atoms with Crippen LogP contribution in [0.5, 0.6) is 0 Å². The summed E-state index contributed by atoms with van der Waals surface area (Å²) in [6, 6.07) is 23.8. The number of carbonyl (C=O) groups excluding carboxylic acids is 2. The van der Waals surface area contributed by atoms with Gasteiger partial charge in [-0.3, -0.25) is 13.9 Å². The second-order valence-electron chi connectivity index (χ2n) is 9.55. The standard InChI is InChI=1S/C30H37N3O4S/c1-5-20-31-30(35)24(4)32(21-25-12-8-6-9-13-25)29(34)22-33(27-18-16-26(17-19-27)23(2)3)38(36,37)28-14-10-7-11-15-28/h6-19,23-24H,5,20-22H2,1-4H3,(H,31,35). The number of rotatable bonds is 12. The van der Waals surface area contributed by atoms with Gasteiger partial charge in [-0.25, -0.2) is 8.42 Å². The van der Waals surface area contributed by atoms with Crippen LogP contribution >= 0.6 is 0 Å². The van der Waals surface area contributed by atoms with Crippen molar-refractivity contribution >= 4 is 27.5 Å². The third-order valence-corrected chi connectivity index (χ3v) is 8.16. The zero-order valence-electron chi connectivity index (χ0n) is 22.5. The molecule has 2 amide bonds. The molecule has 0 saturated heterocycles. The summed E-state index contributed by atoms with van der Waals surface area (Å²) in [5, 5.41) is 2.85. The molecule has 0 heterocycles. The minimum Gasteiger partial charge on any atom is -0.354 e. The first-order chi connectivity index (χ1) is 18.1. The van der Waals surface area contributed by atoms with E-state index in [0.717, 1.165) is 21.9 Å². The van der Waals surface area contributed by atoms with Crippen molar-refractivity contribution < 1.29 is 18.0 Å². The van der Waals surface area contributed by atoms with E-state index in [1.807, 2.05) is 49.4 Å². The van der Waals surface area contributed by atoms with Gasteiger partial charge in [-0.1, -0.05) is 81.4 Å². The molecule has 0 bridgehead atoms. The molecule has 0 radical (unpaired) electrons. The molecule has 1 unspecified atom stereocenters. The first-order valence-electron chi connectivity index (χ1n) is 12.9. The van der Waals surface area contributed by atoms with E-state index in [9.17, 15) is 18.0 Å². The van der Waals surface area contributed by atoms with Crippen molar-refractivity contribution in [3.63, 3.8) is 0 Å². The Bertz CT molecular complexity index is 1290. The first kappa shape index (κ1) is 28.9. The van der Waals surface area contributed by atoms with Crippen LogP contribution < -0.4 is 9.62 Å². The lowest BCUT2D eigenvalue weighted by Crippen LogP contribution is -2.51. The van der Waals surface area contributed by atoms with Crippen molar-refractivity contribution in [1.29, 1.82) is 0 Å². The average Bonchev–Trinajstić information content (AvgIpc) is 2.93. The number of nitrogens with zero attached hydrogens (tertiary/aromatic N) is 2.